The number of carboxylic acid groups (broad SMARTS) is 1. The van der Waals surface area contributed by atoms with Gasteiger partial charge in [0.05, 0.1) is 0 Å². The van der Waals surface area contributed by atoms with Gasteiger partial charge in [0.1, 0.15) is 12.1 Å². The smallest absolute Gasteiger partial charge is 0.411 e. The number of benzene rings is 1. The minimum Gasteiger partial charge on any atom is -0.479 e. The molecule has 1 aromatic carbocycles. The quantitative estimate of drug-likeness (QED) is 0.887. The Kier molecular flexibility index (Phi) is 5.21. The van der Waals surface area contributed by atoms with Crippen LogP contribution in [-0.2, 0) is 16.1 Å². The minimum atomic E-state index is -1.20. The van der Waals surface area contributed by atoms with E-state index in [2.05, 4.69) is 13.8 Å². The molecule has 1 fully saturated rings. The number of carbonyl (C=O) groups excluding carboxylic acids is 1. The van der Waals surface area contributed by atoms with Crippen LogP contribution in [0.1, 0.15) is 46.1 Å². The van der Waals surface area contributed by atoms with Crippen molar-refractivity contribution in [3.63, 3.8) is 0 Å². The van der Waals surface area contributed by atoms with E-state index < -0.39 is 17.6 Å². The van der Waals surface area contributed by atoms with E-state index in [9.17, 15) is 14.7 Å². The van der Waals surface area contributed by atoms with Crippen LogP contribution in [0.5, 0.6) is 0 Å². The van der Waals surface area contributed by atoms with Crippen molar-refractivity contribution >= 4 is 12.1 Å². The molecule has 0 aromatic heterocycles. The number of nitrogens with zero attached hydrogens (tertiary/aromatic N) is 1. The van der Waals surface area contributed by atoms with Crippen LogP contribution in [-0.4, -0.2) is 34.2 Å². The Bertz CT molecular complexity index is 599. The van der Waals surface area contributed by atoms with Gasteiger partial charge in [-0.15, -0.1) is 0 Å². The molecule has 0 radical (unpaired) electrons. The van der Waals surface area contributed by atoms with Crippen molar-refractivity contribution in [2.45, 2.75) is 52.7 Å². The number of ether oxygens (including phenoxy) is 1. The van der Waals surface area contributed by atoms with E-state index in [1.165, 1.54) is 4.90 Å². The lowest BCUT2D eigenvalue weighted by molar-refractivity contribution is -0.153. The molecule has 24 heavy (non-hydrogen) atoms. The monoisotopic (exact) mass is 333 g/mol. The molecule has 1 saturated carbocycles. The summed E-state index contributed by atoms with van der Waals surface area (Å²) in [6, 6.07) is 9.39. The zero-order chi connectivity index (χ0) is 18.0. The highest BCUT2D eigenvalue weighted by atomic mass is 16.6. The summed E-state index contributed by atoms with van der Waals surface area (Å²) in [4.78, 5) is 26.2. The van der Waals surface area contributed by atoms with Gasteiger partial charge in [0.25, 0.3) is 0 Å². The average molecular weight is 333 g/mol. The molecular formula is C19H27NO4. The lowest BCUT2D eigenvalue weighted by Gasteiger charge is -2.40. The van der Waals surface area contributed by atoms with Gasteiger partial charge in [0.15, 0.2) is 0 Å². The molecule has 1 aliphatic carbocycles. The van der Waals surface area contributed by atoms with E-state index in [-0.39, 0.29) is 17.9 Å². The SMILES string of the molecule is CCN(C(=O)OCc1ccccc1)C1(C(=O)O)CC(C)(C)CC1C. The average Bonchev–Trinajstić information content (AvgIpc) is 2.77. The number of hydrogen-bond donors (Lipinski definition) is 1. The third-order valence-corrected chi connectivity index (χ3v) is 5.02. The summed E-state index contributed by atoms with van der Waals surface area (Å²) in [5, 5.41) is 9.95. The normalized spacial score (nSPS) is 25.2. The number of likely N-dealkylation sites (N-methyl/N-ethyl adjacent to an activating group) is 1. The highest BCUT2D eigenvalue weighted by molar-refractivity contribution is 5.85. The van der Waals surface area contributed by atoms with E-state index in [1.807, 2.05) is 37.3 Å². The summed E-state index contributed by atoms with van der Waals surface area (Å²) < 4.78 is 5.41. The van der Waals surface area contributed by atoms with E-state index in [4.69, 9.17) is 4.74 Å². The second-order valence-corrected chi connectivity index (χ2v) is 7.46. The molecule has 132 valence electrons. The largest absolute Gasteiger partial charge is 0.479 e. The van der Waals surface area contributed by atoms with Crippen molar-refractivity contribution in [1.29, 1.82) is 0 Å². The number of hydrogen-bond acceptors (Lipinski definition) is 3. The number of aliphatic carboxylic acids is 1. The lowest BCUT2D eigenvalue weighted by atomic mass is 9.85. The molecule has 5 nitrogen and oxygen atoms in total. The highest BCUT2D eigenvalue weighted by Crippen LogP contribution is 2.50. The molecule has 0 saturated heterocycles. The van der Waals surface area contributed by atoms with Gasteiger partial charge in [-0.2, -0.15) is 0 Å². The number of rotatable bonds is 5. The standard InChI is InChI=1S/C19H27NO4/c1-5-20(17(23)24-12-15-9-7-6-8-10-15)19(16(21)22)13-18(3,4)11-14(19)2/h6-10,14H,5,11-13H2,1-4H3,(H,21,22). The van der Waals surface area contributed by atoms with Gasteiger partial charge in [0, 0.05) is 6.54 Å². The first-order valence-electron chi connectivity index (χ1n) is 8.44. The summed E-state index contributed by atoms with van der Waals surface area (Å²) in [6.45, 7) is 8.27. The molecular weight excluding hydrogens is 306 g/mol. The second kappa shape index (κ2) is 6.83. The maximum atomic E-state index is 12.6. The van der Waals surface area contributed by atoms with Gasteiger partial charge in [0.2, 0.25) is 0 Å². The van der Waals surface area contributed by atoms with Crippen LogP contribution in [0.25, 0.3) is 0 Å². The lowest BCUT2D eigenvalue weighted by Crippen LogP contribution is -2.59. The maximum Gasteiger partial charge on any atom is 0.411 e. The van der Waals surface area contributed by atoms with Gasteiger partial charge >= 0.3 is 12.1 Å². The molecule has 1 N–H and O–H groups in total. The number of carboxylic acids is 1. The molecule has 5 heteroatoms. The van der Waals surface area contributed by atoms with Crippen LogP contribution >= 0.6 is 0 Å². The Balaban J connectivity index is 2.21. The van der Waals surface area contributed by atoms with Gasteiger partial charge < -0.3 is 9.84 Å². The van der Waals surface area contributed by atoms with Crippen LogP contribution in [0.4, 0.5) is 4.79 Å². The van der Waals surface area contributed by atoms with Crippen LogP contribution in [0.2, 0.25) is 0 Å². The zero-order valence-corrected chi connectivity index (χ0v) is 14.9. The van der Waals surface area contributed by atoms with Crippen LogP contribution < -0.4 is 0 Å². The Hall–Kier alpha value is -2.04. The molecule has 1 aliphatic rings. The molecule has 2 rings (SSSR count). The Morgan fingerprint density at radius 2 is 1.92 bits per heavy atom. The van der Waals surface area contributed by atoms with Gasteiger partial charge in [-0.1, -0.05) is 51.1 Å². The summed E-state index contributed by atoms with van der Waals surface area (Å²) in [5.41, 5.74) is -0.442. The molecule has 2 atom stereocenters. The predicted octanol–water partition coefficient (Wildman–Crippen LogP) is 3.92. The van der Waals surface area contributed by atoms with Gasteiger partial charge in [-0.3, -0.25) is 4.90 Å². The molecule has 2 unspecified atom stereocenters. The molecule has 0 heterocycles. The van der Waals surface area contributed by atoms with Crippen LogP contribution in [0.3, 0.4) is 0 Å². The Morgan fingerprint density at radius 1 is 1.29 bits per heavy atom. The summed E-state index contributed by atoms with van der Waals surface area (Å²) >= 11 is 0. The Labute approximate surface area is 143 Å². The number of amides is 1. The predicted molar refractivity (Wildman–Crippen MR) is 91.6 cm³/mol. The van der Waals surface area contributed by atoms with Gasteiger partial charge in [-0.25, -0.2) is 9.59 Å². The molecule has 0 spiro atoms. The van der Waals surface area contributed by atoms with Crippen molar-refractivity contribution in [2.75, 3.05) is 6.54 Å². The fraction of sp³-hybridized carbons (Fsp3) is 0.579. The topological polar surface area (TPSA) is 66.8 Å². The van der Waals surface area contributed by atoms with Crippen molar-refractivity contribution in [3.8, 4) is 0 Å². The third kappa shape index (κ3) is 3.40. The molecule has 1 amide bonds. The Morgan fingerprint density at radius 3 is 2.38 bits per heavy atom. The van der Waals surface area contributed by atoms with E-state index in [0.29, 0.717) is 13.0 Å². The minimum absolute atomic E-state index is 0.120. The first-order chi connectivity index (χ1) is 11.2. The van der Waals surface area contributed by atoms with E-state index in [1.54, 1.807) is 6.92 Å². The summed E-state index contributed by atoms with van der Waals surface area (Å²) in [7, 11) is 0. The van der Waals surface area contributed by atoms with Gasteiger partial charge in [-0.05, 0) is 36.7 Å². The van der Waals surface area contributed by atoms with Crippen molar-refractivity contribution in [3.05, 3.63) is 35.9 Å². The second-order valence-electron chi connectivity index (χ2n) is 7.46. The van der Waals surface area contributed by atoms with Crippen molar-refractivity contribution < 1.29 is 19.4 Å². The fourth-order valence-corrected chi connectivity index (χ4v) is 4.11. The molecule has 0 bridgehead atoms. The zero-order valence-electron chi connectivity index (χ0n) is 14.9. The number of carbonyl (C=O) groups is 2. The van der Waals surface area contributed by atoms with Crippen molar-refractivity contribution in [1.82, 2.24) is 4.90 Å². The van der Waals surface area contributed by atoms with Crippen molar-refractivity contribution in [2.24, 2.45) is 11.3 Å². The molecule has 0 aliphatic heterocycles. The van der Waals surface area contributed by atoms with Crippen LogP contribution in [0, 0.1) is 11.3 Å². The first-order valence-corrected chi connectivity index (χ1v) is 8.44. The first kappa shape index (κ1) is 18.3. The summed E-state index contributed by atoms with van der Waals surface area (Å²) in [5.74, 6) is -1.08. The maximum absolute atomic E-state index is 12.6. The van der Waals surface area contributed by atoms with E-state index >= 15 is 0 Å². The summed E-state index contributed by atoms with van der Waals surface area (Å²) in [6.07, 6.45) is 0.639. The fourth-order valence-electron chi connectivity index (χ4n) is 4.11. The highest BCUT2D eigenvalue weighted by Gasteiger charge is 2.58. The molecule has 1 aromatic rings. The van der Waals surface area contributed by atoms with E-state index in [0.717, 1.165) is 12.0 Å². The third-order valence-electron chi connectivity index (χ3n) is 5.02. The van der Waals surface area contributed by atoms with Crippen LogP contribution in [0.15, 0.2) is 30.3 Å².